The molecule has 0 saturated heterocycles. The van der Waals surface area contributed by atoms with Crippen molar-refractivity contribution in [2.45, 2.75) is 13.0 Å². The fourth-order valence-electron chi connectivity index (χ4n) is 2.32. The van der Waals surface area contributed by atoms with Crippen LogP contribution in [0.3, 0.4) is 0 Å². The zero-order valence-electron chi connectivity index (χ0n) is 15.0. The van der Waals surface area contributed by atoms with Crippen LogP contribution in [0.4, 0.5) is 9.52 Å². The summed E-state index contributed by atoms with van der Waals surface area (Å²) in [7, 11) is 0. The highest BCUT2D eigenvalue weighted by molar-refractivity contribution is 7.14. The van der Waals surface area contributed by atoms with E-state index < -0.39 is 23.8 Å². The molecule has 1 atom stereocenters. The van der Waals surface area contributed by atoms with Gasteiger partial charge in [0.1, 0.15) is 5.82 Å². The van der Waals surface area contributed by atoms with Crippen LogP contribution in [0.5, 0.6) is 0 Å². The Morgan fingerprint density at radius 3 is 2.71 bits per heavy atom. The van der Waals surface area contributed by atoms with Gasteiger partial charge in [-0.05, 0) is 30.7 Å². The Morgan fingerprint density at radius 2 is 1.96 bits per heavy atom. The molecule has 2 aromatic carbocycles. The molecule has 28 heavy (non-hydrogen) atoms. The first-order chi connectivity index (χ1) is 13.5. The number of carbonyl (C=O) groups excluding carboxylic acids is 2. The molecule has 1 heterocycles. The van der Waals surface area contributed by atoms with Crippen LogP contribution in [-0.4, -0.2) is 23.0 Å². The summed E-state index contributed by atoms with van der Waals surface area (Å²) in [5, 5.41) is 4.89. The van der Waals surface area contributed by atoms with Gasteiger partial charge in [0.2, 0.25) is 0 Å². The molecule has 0 spiro atoms. The fourth-order valence-corrected chi connectivity index (χ4v) is 3.04. The summed E-state index contributed by atoms with van der Waals surface area (Å²) in [5.74, 6) is -1.58. The summed E-state index contributed by atoms with van der Waals surface area (Å²) in [5.41, 5.74) is 2.22. The topological polar surface area (TPSA) is 68.3 Å². The molecular weight excluding hydrogens is 379 g/mol. The van der Waals surface area contributed by atoms with Gasteiger partial charge in [0.15, 0.2) is 11.2 Å². The Hall–Kier alpha value is -3.32. The highest BCUT2D eigenvalue weighted by Crippen LogP contribution is 2.24. The van der Waals surface area contributed by atoms with Crippen LogP contribution in [0.25, 0.3) is 17.3 Å². The van der Waals surface area contributed by atoms with E-state index in [1.54, 1.807) is 6.07 Å². The quantitative estimate of drug-likeness (QED) is 0.491. The molecule has 3 aromatic rings. The summed E-state index contributed by atoms with van der Waals surface area (Å²) in [6.45, 7) is 1.47. The lowest BCUT2D eigenvalue weighted by Gasteiger charge is -2.10. The number of halogens is 1. The minimum absolute atomic E-state index is 0.401. The van der Waals surface area contributed by atoms with Crippen molar-refractivity contribution in [3.05, 3.63) is 77.4 Å². The second kappa shape index (κ2) is 9.05. The van der Waals surface area contributed by atoms with E-state index in [1.807, 2.05) is 35.7 Å². The van der Waals surface area contributed by atoms with Gasteiger partial charge >= 0.3 is 5.97 Å². The molecule has 0 bridgehead atoms. The molecule has 5 nitrogen and oxygen atoms in total. The predicted octanol–water partition coefficient (Wildman–Crippen LogP) is 4.53. The van der Waals surface area contributed by atoms with E-state index in [-0.39, 0.29) is 0 Å². The van der Waals surface area contributed by atoms with Crippen molar-refractivity contribution in [2.75, 3.05) is 5.32 Å². The Kier molecular flexibility index (Phi) is 6.29. The van der Waals surface area contributed by atoms with Crippen molar-refractivity contribution >= 4 is 34.4 Å². The van der Waals surface area contributed by atoms with E-state index in [0.29, 0.717) is 10.7 Å². The van der Waals surface area contributed by atoms with Crippen molar-refractivity contribution in [3.8, 4) is 11.3 Å². The number of aromatic nitrogens is 1. The molecule has 1 aromatic heterocycles. The minimum atomic E-state index is -1.01. The molecule has 3 rings (SSSR count). The molecule has 0 aliphatic rings. The maximum atomic E-state index is 13.1. The zero-order chi connectivity index (χ0) is 19.9. The van der Waals surface area contributed by atoms with Gasteiger partial charge in [-0.15, -0.1) is 11.3 Å². The normalized spacial score (nSPS) is 11.9. The monoisotopic (exact) mass is 396 g/mol. The zero-order valence-corrected chi connectivity index (χ0v) is 15.8. The number of nitrogens with zero attached hydrogens (tertiary/aromatic N) is 1. The molecule has 1 N–H and O–H groups in total. The number of hydrogen-bond donors (Lipinski definition) is 1. The third-order valence-corrected chi connectivity index (χ3v) is 4.48. The number of hydrogen-bond acceptors (Lipinski definition) is 5. The Bertz CT molecular complexity index is 1000. The number of benzene rings is 2. The van der Waals surface area contributed by atoms with Gasteiger partial charge in [-0.3, -0.25) is 10.1 Å². The SMILES string of the molecule is CC(OC(=O)C=Cc1cccc(F)c1)C(=O)Nc1nc(-c2ccccc2)cs1. The highest BCUT2D eigenvalue weighted by atomic mass is 32.1. The van der Waals surface area contributed by atoms with Crippen LogP contribution in [0.15, 0.2) is 66.1 Å². The molecule has 7 heteroatoms. The summed E-state index contributed by atoms with van der Waals surface area (Å²) < 4.78 is 18.2. The lowest BCUT2D eigenvalue weighted by molar-refractivity contribution is -0.148. The van der Waals surface area contributed by atoms with Gasteiger partial charge < -0.3 is 4.74 Å². The van der Waals surface area contributed by atoms with Crippen LogP contribution in [0, 0.1) is 5.82 Å². The smallest absolute Gasteiger partial charge is 0.331 e. The van der Waals surface area contributed by atoms with Crippen LogP contribution >= 0.6 is 11.3 Å². The van der Waals surface area contributed by atoms with Gasteiger partial charge in [0, 0.05) is 17.0 Å². The molecule has 0 fully saturated rings. The van der Waals surface area contributed by atoms with Gasteiger partial charge in [0.05, 0.1) is 5.69 Å². The standard InChI is InChI=1S/C21H17FN2O3S/c1-14(27-19(25)11-10-15-6-5-9-17(22)12-15)20(26)24-21-23-18(13-28-21)16-7-3-2-4-8-16/h2-14H,1H3,(H,23,24,26). The maximum absolute atomic E-state index is 13.1. The number of amides is 1. The summed E-state index contributed by atoms with van der Waals surface area (Å²) in [4.78, 5) is 28.4. The molecule has 142 valence electrons. The summed E-state index contributed by atoms with van der Waals surface area (Å²) in [6, 6.07) is 15.4. The lowest BCUT2D eigenvalue weighted by Crippen LogP contribution is -2.29. The molecule has 0 saturated carbocycles. The van der Waals surface area contributed by atoms with E-state index in [0.717, 1.165) is 17.3 Å². The van der Waals surface area contributed by atoms with Gasteiger partial charge in [-0.2, -0.15) is 0 Å². The van der Waals surface area contributed by atoms with Crippen LogP contribution in [0.2, 0.25) is 0 Å². The average Bonchev–Trinajstić information content (AvgIpc) is 3.15. The molecule has 0 aliphatic heterocycles. The number of ether oxygens (including phenoxy) is 1. The van der Waals surface area contributed by atoms with Gasteiger partial charge in [-0.1, -0.05) is 42.5 Å². The maximum Gasteiger partial charge on any atom is 0.331 e. The predicted molar refractivity (Wildman–Crippen MR) is 107 cm³/mol. The Balaban J connectivity index is 1.54. The second-order valence-electron chi connectivity index (χ2n) is 5.86. The van der Waals surface area contributed by atoms with Gasteiger partial charge in [-0.25, -0.2) is 14.2 Å². The van der Waals surface area contributed by atoms with Crippen LogP contribution in [-0.2, 0) is 14.3 Å². The van der Waals surface area contributed by atoms with Crippen molar-refractivity contribution in [1.82, 2.24) is 4.98 Å². The molecule has 0 radical (unpaired) electrons. The number of carbonyl (C=O) groups is 2. The Morgan fingerprint density at radius 1 is 1.18 bits per heavy atom. The number of esters is 1. The summed E-state index contributed by atoms with van der Waals surface area (Å²) >= 11 is 1.28. The minimum Gasteiger partial charge on any atom is -0.449 e. The molecule has 1 unspecified atom stereocenters. The molecule has 0 aliphatic carbocycles. The van der Waals surface area contributed by atoms with E-state index in [9.17, 15) is 14.0 Å². The third kappa shape index (κ3) is 5.34. The average molecular weight is 396 g/mol. The number of rotatable bonds is 6. The number of nitrogens with one attached hydrogen (secondary N) is 1. The first-order valence-electron chi connectivity index (χ1n) is 8.47. The largest absolute Gasteiger partial charge is 0.449 e. The first-order valence-corrected chi connectivity index (χ1v) is 9.35. The fraction of sp³-hybridized carbons (Fsp3) is 0.0952. The summed E-state index contributed by atoms with van der Waals surface area (Å²) in [6.07, 6.45) is 1.56. The number of anilines is 1. The molecular formula is C21H17FN2O3S. The Labute approximate surface area is 165 Å². The van der Waals surface area contributed by atoms with E-state index in [2.05, 4.69) is 10.3 Å². The lowest BCUT2D eigenvalue weighted by atomic mass is 10.2. The van der Waals surface area contributed by atoms with Crippen LogP contribution < -0.4 is 5.32 Å². The second-order valence-corrected chi connectivity index (χ2v) is 6.72. The van der Waals surface area contributed by atoms with Crippen molar-refractivity contribution in [2.24, 2.45) is 0 Å². The van der Waals surface area contributed by atoms with Crippen molar-refractivity contribution in [1.29, 1.82) is 0 Å². The first kappa shape index (κ1) is 19.4. The van der Waals surface area contributed by atoms with Crippen LogP contribution in [0.1, 0.15) is 12.5 Å². The van der Waals surface area contributed by atoms with Crippen molar-refractivity contribution in [3.63, 3.8) is 0 Å². The van der Waals surface area contributed by atoms with E-state index in [1.165, 1.54) is 42.5 Å². The number of thiazole rings is 1. The van der Waals surface area contributed by atoms with Gasteiger partial charge in [0.25, 0.3) is 5.91 Å². The highest BCUT2D eigenvalue weighted by Gasteiger charge is 2.18. The molecule has 1 amide bonds. The van der Waals surface area contributed by atoms with Crippen molar-refractivity contribution < 1.29 is 18.7 Å². The third-order valence-electron chi connectivity index (χ3n) is 3.73. The van der Waals surface area contributed by atoms with E-state index in [4.69, 9.17) is 4.74 Å². The van der Waals surface area contributed by atoms with E-state index >= 15 is 0 Å².